The van der Waals surface area contributed by atoms with E-state index in [1.54, 1.807) is 0 Å². The first-order valence-electron chi connectivity index (χ1n) is 3.21. The molecule has 1 rings (SSSR count). The molecule has 0 amide bonds. The molecule has 0 aliphatic carbocycles. The highest BCUT2D eigenvalue weighted by Crippen LogP contribution is 1.95. The molecular formula is C7H12NO. The Morgan fingerprint density at radius 1 is 1.33 bits per heavy atom. The van der Waals surface area contributed by atoms with Gasteiger partial charge in [0, 0.05) is 13.1 Å². The Kier molecular flexibility index (Phi) is 2.58. The summed E-state index contributed by atoms with van der Waals surface area (Å²) in [7, 11) is 0. The number of ether oxygens (including phenoxy) is 1. The topological polar surface area (TPSA) is 12.5 Å². The highest BCUT2D eigenvalue weighted by atomic mass is 16.5. The summed E-state index contributed by atoms with van der Waals surface area (Å²) in [6, 6.07) is 0. The summed E-state index contributed by atoms with van der Waals surface area (Å²) in [6.07, 6.45) is 3.81. The van der Waals surface area contributed by atoms with E-state index in [0.717, 1.165) is 26.3 Å². The molecule has 2 heteroatoms. The normalized spacial score (nSPS) is 21.2. The first-order chi connectivity index (χ1) is 4.43. The van der Waals surface area contributed by atoms with Crippen LogP contribution in [0.25, 0.3) is 0 Å². The van der Waals surface area contributed by atoms with Crippen molar-refractivity contribution >= 4 is 0 Å². The highest BCUT2D eigenvalue weighted by molar-refractivity contribution is 4.85. The maximum atomic E-state index is 5.15. The molecule has 0 aromatic rings. The molecule has 0 saturated carbocycles. The zero-order valence-electron chi connectivity index (χ0n) is 5.55. The summed E-state index contributed by atoms with van der Waals surface area (Å²) < 4.78 is 5.15. The SMILES string of the molecule is [CH2]/C=C/N1CCOCC1. The van der Waals surface area contributed by atoms with Crippen LogP contribution in [-0.4, -0.2) is 31.2 Å². The minimum atomic E-state index is 0.852. The van der Waals surface area contributed by atoms with E-state index >= 15 is 0 Å². The number of hydrogen-bond donors (Lipinski definition) is 0. The fourth-order valence-corrected chi connectivity index (χ4v) is 0.876. The second-order valence-electron chi connectivity index (χ2n) is 2.03. The minimum Gasteiger partial charge on any atom is -0.378 e. The van der Waals surface area contributed by atoms with E-state index in [4.69, 9.17) is 4.74 Å². The van der Waals surface area contributed by atoms with E-state index in [1.807, 2.05) is 12.3 Å². The summed E-state index contributed by atoms with van der Waals surface area (Å²) in [5, 5.41) is 0. The van der Waals surface area contributed by atoms with Crippen molar-refractivity contribution in [1.82, 2.24) is 4.90 Å². The van der Waals surface area contributed by atoms with Crippen molar-refractivity contribution in [2.45, 2.75) is 0 Å². The van der Waals surface area contributed by atoms with Crippen molar-refractivity contribution in [2.75, 3.05) is 26.3 Å². The van der Waals surface area contributed by atoms with Crippen LogP contribution in [0, 0.1) is 6.92 Å². The highest BCUT2D eigenvalue weighted by Gasteiger charge is 2.03. The third kappa shape index (κ3) is 2.06. The lowest BCUT2D eigenvalue weighted by Gasteiger charge is -2.24. The number of nitrogens with zero attached hydrogens (tertiary/aromatic N) is 1. The maximum Gasteiger partial charge on any atom is 0.0642 e. The number of rotatable bonds is 1. The lowest BCUT2D eigenvalue weighted by atomic mass is 10.4. The molecule has 9 heavy (non-hydrogen) atoms. The molecule has 1 heterocycles. The van der Waals surface area contributed by atoms with Crippen LogP contribution >= 0.6 is 0 Å². The first-order valence-corrected chi connectivity index (χ1v) is 3.21. The molecular weight excluding hydrogens is 114 g/mol. The van der Waals surface area contributed by atoms with Gasteiger partial charge in [-0.05, 0) is 13.1 Å². The summed E-state index contributed by atoms with van der Waals surface area (Å²) >= 11 is 0. The molecule has 0 aromatic carbocycles. The van der Waals surface area contributed by atoms with Gasteiger partial charge in [-0.1, -0.05) is 6.08 Å². The predicted octanol–water partition coefficient (Wildman–Crippen LogP) is 0.666. The van der Waals surface area contributed by atoms with Crippen LogP contribution < -0.4 is 0 Å². The van der Waals surface area contributed by atoms with Crippen LogP contribution in [-0.2, 0) is 4.74 Å². The smallest absolute Gasteiger partial charge is 0.0642 e. The van der Waals surface area contributed by atoms with Gasteiger partial charge in [0.25, 0.3) is 0 Å². The minimum absolute atomic E-state index is 0.852. The molecule has 1 saturated heterocycles. The number of hydrogen-bond acceptors (Lipinski definition) is 2. The van der Waals surface area contributed by atoms with Gasteiger partial charge in [0.15, 0.2) is 0 Å². The van der Waals surface area contributed by atoms with E-state index < -0.39 is 0 Å². The quantitative estimate of drug-likeness (QED) is 0.512. The van der Waals surface area contributed by atoms with E-state index in [2.05, 4.69) is 11.8 Å². The second kappa shape index (κ2) is 3.51. The van der Waals surface area contributed by atoms with Crippen molar-refractivity contribution in [3.63, 3.8) is 0 Å². The molecule has 0 spiro atoms. The fourth-order valence-electron chi connectivity index (χ4n) is 0.876. The number of morpholine rings is 1. The zero-order chi connectivity index (χ0) is 6.53. The van der Waals surface area contributed by atoms with Crippen LogP contribution in [0.1, 0.15) is 0 Å². The fraction of sp³-hybridized carbons (Fsp3) is 0.571. The molecule has 1 fully saturated rings. The zero-order valence-corrected chi connectivity index (χ0v) is 5.55. The average molecular weight is 126 g/mol. The van der Waals surface area contributed by atoms with Gasteiger partial charge in [-0.2, -0.15) is 0 Å². The Balaban J connectivity index is 2.23. The molecule has 51 valence electrons. The van der Waals surface area contributed by atoms with Crippen LogP contribution in [0.4, 0.5) is 0 Å². The average Bonchev–Trinajstić information content (AvgIpc) is 1.91. The van der Waals surface area contributed by atoms with E-state index in [1.165, 1.54) is 0 Å². The molecule has 0 aromatic heterocycles. The standard InChI is InChI=1S/C7H12NO/c1-2-3-8-4-6-9-7-5-8/h2-3H,1,4-7H2/b3-2+. The Bertz CT molecular complexity index is 95.1. The van der Waals surface area contributed by atoms with Gasteiger partial charge in [-0.3, -0.25) is 0 Å². The molecule has 2 nitrogen and oxygen atoms in total. The molecule has 1 aliphatic heterocycles. The second-order valence-corrected chi connectivity index (χ2v) is 2.03. The van der Waals surface area contributed by atoms with Crippen LogP contribution in [0.15, 0.2) is 12.3 Å². The van der Waals surface area contributed by atoms with E-state index in [9.17, 15) is 0 Å². The van der Waals surface area contributed by atoms with Gasteiger partial charge in [0.1, 0.15) is 0 Å². The predicted molar refractivity (Wildman–Crippen MR) is 36.9 cm³/mol. The van der Waals surface area contributed by atoms with E-state index in [-0.39, 0.29) is 0 Å². The van der Waals surface area contributed by atoms with Crippen molar-refractivity contribution in [3.05, 3.63) is 19.2 Å². The van der Waals surface area contributed by atoms with Gasteiger partial charge >= 0.3 is 0 Å². The van der Waals surface area contributed by atoms with Gasteiger partial charge in [0.2, 0.25) is 0 Å². The molecule has 0 unspecified atom stereocenters. The summed E-state index contributed by atoms with van der Waals surface area (Å²) in [5.74, 6) is 0. The Hall–Kier alpha value is -0.500. The van der Waals surface area contributed by atoms with Gasteiger partial charge in [0.05, 0.1) is 13.2 Å². The molecule has 0 bridgehead atoms. The van der Waals surface area contributed by atoms with Crippen molar-refractivity contribution in [3.8, 4) is 0 Å². The Morgan fingerprint density at radius 2 is 2.00 bits per heavy atom. The lowest BCUT2D eigenvalue weighted by Crippen LogP contribution is -2.31. The van der Waals surface area contributed by atoms with Crippen LogP contribution in [0.2, 0.25) is 0 Å². The van der Waals surface area contributed by atoms with E-state index in [0.29, 0.717) is 0 Å². The summed E-state index contributed by atoms with van der Waals surface area (Å²) in [5.41, 5.74) is 0. The van der Waals surface area contributed by atoms with Crippen LogP contribution in [0.5, 0.6) is 0 Å². The third-order valence-electron chi connectivity index (χ3n) is 1.36. The Labute approximate surface area is 56.1 Å². The molecule has 1 radical (unpaired) electrons. The summed E-state index contributed by atoms with van der Waals surface area (Å²) in [6.45, 7) is 7.33. The monoisotopic (exact) mass is 126 g/mol. The molecule has 0 atom stereocenters. The first kappa shape index (κ1) is 6.62. The van der Waals surface area contributed by atoms with Gasteiger partial charge in [-0.25, -0.2) is 0 Å². The van der Waals surface area contributed by atoms with Gasteiger partial charge in [-0.15, -0.1) is 0 Å². The Morgan fingerprint density at radius 3 is 2.56 bits per heavy atom. The van der Waals surface area contributed by atoms with Crippen molar-refractivity contribution < 1.29 is 4.74 Å². The number of allylic oxidation sites excluding steroid dienone is 1. The van der Waals surface area contributed by atoms with Crippen LogP contribution in [0.3, 0.4) is 0 Å². The molecule has 1 aliphatic rings. The van der Waals surface area contributed by atoms with Gasteiger partial charge < -0.3 is 9.64 Å². The lowest BCUT2D eigenvalue weighted by molar-refractivity contribution is 0.0594. The third-order valence-corrected chi connectivity index (χ3v) is 1.36. The maximum absolute atomic E-state index is 5.15. The van der Waals surface area contributed by atoms with Crippen molar-refractivity contribution in [2.24, 2.45) is 0 Å². The molecule has 0 N–H and O–H groups in total. The largest absolute Gasteiger partial charge is 0.378 e. The van der Waals surface area contributed by atoms with Crippen molar-refractivity contribution in [1.29, 1.82) is 0 Å². The summed E-state index contributed by atoms with van der Waals surface area (Å²) in [4.78, 5) is 2.20.